The number of rotatable bonds is 7. The Morgan fingerprint density at radius 1 is 1.10 bits per heavy atom. The predicted octanol–water partition coefficient (Wildman–Crippen LogP) is 5.05. The lowest BCUT2D eigenvalue weighted by molar-refractivity contribution is -0.139. The van der Waals surface area contributed by atoms with Gasteiger partial charge < -0.3 is 10.4 Å². The number of carbonyl (C=O) groups is 2. The van der Waals surface area contributed by atoms with Gasteiger partial charge in [0.05, 0.1) is 16.4 Å². The standard InChI is InChI=1S/C27H40F3N3O5S/c1-25(2,3)13-18(23(34)33(24(35)36)26(4,5)6)14-31-22-11-10-17-15-32(16-21(17)22)39(37,38)20-9-7-8-19(12-20)27(28,29)30/h7-9,12,17-18,21-22,31H,10-11,13-16H2,1-6H3,(H,35,36)/t17-,18?,21+,22+/m1/s1. The minimum atomic E-state index is -4.65. The number of benzene rings is 1. The highest BCUT2D eigenvalue weighted by Gasteiger charge is 2.47. The van der Waals surface area contributed by atoms with Crippen LogP contribution in [0.15, 0.2) is 29.2 Å². The first kappa shape index (κ1) is 31.3. The molecule has 0 bridgehead atoms. The fourth-order valence-corrected chi connectivity index (χ4v) is 7.41. The van der Waals surface area contributed by atoms with Crippen LogP contribution < -0.4 is 5.32 Å². The number of hydrogen-bond donors (Lipinski definition) is 2. The van der Waals surface area contributed by atoms with Crippen LogP contribution >= 0.6 is 0 Å². The number of sulfonamides is 1. The molecular weight excluding hydrogens is 535 g/mol. The van der Waals surface area contributed by atoms with E-state index in [-0.39, 0.29) is 47.8 Å². The molecule has 1 aliphatic heterocycles. The molecular formula is C27H40F3N3O5S. The highest BCUT2D eigenvalue weighted by atomic mass is 32.2. The van der Waals surface area contributed by atoms with Gasteiger partial charge in [0.2, 0.25) is 15.9 Å². The maximum atomic E-state index is 13.4. The lowest BCUT2D eigenvalue weighted by Gasteiger charge is -2.36. The summed E-state index contributed by atoms with van der Waals surface area (Å²) in [5.74, 6) is -1.10. The number of nitrogens with zero attached hydrogens (tertiary/aromatic N) is 2. The third-order valence-electron chi connectivity index (χ3n) is 7.54. The van der Waals surface area contributed by atoms with E-state index < -0.39 is 45.2 Å². The average Bonchev–Trinajstić information content (AvgIpc) is 3.36. The number of nitrogens with one attached hydrogen (secondary N) is 1. The molecule has 3 rings (SSSR count). The van der Waals surface area contributed by atoms with E-state index in [0.29, 0.717) is 12.5 Å². The number of hydrogen-bond acceptors (Lipinski definition) is 5. The normalized spacial score (nSPS) is 23.5. The van der Waals surface area contributed by atoms with Gasteiger partial charge in [-0.05, 0) is 75.5 Å². The number of amides is 2. The van der Waals surface area contributed by atoms with Crippen molar-refractivity contribution < 1.29 is 36.3 Å². The van der Waals surface area contributed by atoms with Gasteiger partial charge >= 0.3 is 12.3 Å². The van der Waals surface area contributed by atoms with Crippen LogP contribution in [-0.4, -0.2) is 65.9 Å². The van der Waals surface area contributed by atoms with Crippen LogP contribution in [0.3, 0.4) is 0 Å². The van der Waals surface area contributed by atoms with Crippen LogP contribution in [0.25, 0.3) is 0 Å². The number of halogens is 3. The molecule has 4 atom stereocenters. The van der Waals surface area contributed by atoms with Crippen molar-refractivity contribution >= 4 is 22.0 Å². The van der Waals surface area contributed by atoms with Gasteiger partial charge in [-0.1, -0.05) is 26.8 Å². The summed E-state index contributed by atoms with van der Waals surface area (Å²) < 4.78 is 67.2. The molecule has 2 fully saturated rings. The average molecular weight is 576 g/mol. The molecule has 12 heteroatoms. The second kappa shape index (κ2) is 11.0. The molecule has 1 aromatic rings. The van der Waals surface area contributed by atoms with Gasteiger partial charge in [-0.3, -0.25) is 4.79 Å². The zero-order valence-electron chi connectivity index (χ0n) is 23.4. The van der Waals surface area contributed by atoms with Crippen molar-refractivity contribution in [3.05, 3.63) is 29.8 Å². The molecule has 1 saturated carbocycles. The van der Waals surface area contributed by atoms with Crippen molar-refractivity contribution in [2.24, 2.45) is 23.2 Å². The SMILES string of the molecule is CC(C)(C)CC(CN[C@H]1CC[C@@H]2CN(S(=O)(=O)c3cccc(C(F)(F)F)c3)C[C@@H]21)C(=O)N(C(=O)O)C(C)(C)C. The number of alkyl halides is 3. The Balaban J connectivity index is 1.74. The summed E-state index contributed by atoms with van der Waals surface area (Å²) >= 11 is 0. The highest BCUT2D eigenvalue weighted by Crippen LogP contribution is 2.41. The summed E-state index contributed by atoms with van der Waals surface area (Å²) in [5, 5.41) is 13.2. The summed E-state index contributed by atoms with van der Waals surface area (Å²) in [6.45, 7) is 11.6. The molecule has 1 aromatic carbocycles. The van der Waals surface area contributed by atoms with E-state index in [1.807, 2.05) is 20.8 Å². The van der Waals surface area contributed by atoms with Crippen LogP contribution in [0.1, 0.15) is 66.4 Å². The third-order valence-corrected chi connectivity index (χ3v) is 9.37. The number of carbonyl (C=O) groups excluding carboxylic acids is 1. The van der Waals surface area contributed by atoms with Gasteiger partial charge in [0.25, 0.3) is 0 Å². The Morgan fingerprint density at radius 2 is 1.74 bits per heavy atom. The molecule has 0 aromatic heterocycles. The van der Waals surface area contributed by atoms with Crippen molar-refractivity contribution in [3.63, 3.8) is 0 Å². The van der Waals surface area contributed by atoms with E-state index in [9.17, 15) is 36.3 Å². The summed E-state index contributed by atoms with van der Waals surface area (Å²) in [7, 11) is -4.11. The van der Waals surface area contributed by atoms with Gasteiger partial charge in [-0.2, -0.15) is 17.5 Å². The van der Waals surface area contributed by atoms with Crippen LogP contribution in [0.5, 0.6) is 0 Å². The molecule has 0 radical (unpaired) electrons. The molecule has 39 heavy (non-hydrogen) atoms. The minimum absolute atomic E-state index is 0.0462. The highest BCUT2D eigenvalue weighted by molar-refractivity contribution is 7.89. The van der Waals surface area contributed by atoms with Crippen molar-refractivity contribution in [1.29, 1.82) is 0 Å². The predicted molar refractivity (Wildman–Crippen MR) is 140 cm³/mol. The summed E-state index contributed by atoms with van der Waals surface area (Å²) in [6.07, 6.45) is -3.98. The second-order valence-corrected chi connectivity index (χ2v) is 14.9. The van der Waals surface area contributed by atoms with E-state index >= 15 is 0 Å². The lowest BCUT2D eigenvalue weighted by atomic mass is 9.83. The molecule has 8 nitrogen and oxygen atoms in total. The quantitative estimate of drug-likeness (QED) is 0.471. The number of imide groups is 1. The van der Waals surface area contributed by atoms with E-state index in [2.05, 4.69) is 5.32 Å². The molecule has 0 spiro atoms. The Morgan fingerprint density at radius 3 is 2.28 bits per heavy atom. The minimum Gasteiger partial charge on any atom is -0.465 e. The molecule has 2 aliphatic rings. The molecule has 220 valence electrons. The Hall–Kier alpha value is -2.18. The second-order valence-electron chi connectivity index (χ2n) is 13.0. The smallest absolute Gasteiger partial charge is 0.416 e. The van der Waals surface area contributed by atoms with Crippen molar-refractivity contribution in [2.45, 2.75) is 83.5 Å². The fourth-order valence-electron chi connectivity index (χ4n) is 5.83. The van der Waals surface area contributed by atoms with Crippen LogP contribution in [0, 0.1) is 23.2 Å². The Bertz CT molecular complexity index is 1170. The van der Waals surface area contributed by atoms with Crippen molar-refractivity contribution in [1.82, 2.24) is 14.5 Å². The number of carboxylic acid groups (broad SMARTS) is 1. The van der Waals surface area contributed by atoms with Gasteiger partial charge in [-0.25, -0.2) is 18.1 Å². The topological polar surface area (TPSA) is 107 Å². The molecule has 2 amide bonds. The molecule has 1 aliphatic carbocycles. The first-order valence-corrected chi connectivity index (χ1v) is 14.6. The maximum Gasteiger partial charge on any atom is 0.416 e. The summed E-state index contributed by atoms with van der Waals surface area (Å²) in [6, 6.07) is 3.70. The van der Waals surface area contributed by atoms with Gasteiger partial charge in [0, 0.05) is 31.2 Å². The van der Waals surface area contributed by atoms with E-state index in [4.69, 9.17) is 0 Å². The van der Waals surface area contributed by atoms with E-state index in [1.54, 1.807) is 20.8 Å². The van der Waals surface area contributed by atoms with Gasteiger partial charge in [0.1, 0.15) is 0 Å². The largest absolute Gasteiger partial charge is 0.465 e. The maximum absolute atomic E-state index is 13.4. The number of fused-ring (bicyclic) bond motifs is 1. The molecule has 1 unspecified atom stereocenters. The van der Waals surface area contributed by atoms with Crippen LogP contribution in [0.2, 0.25) is 0 Å². The zero-order valence-corrected chi connectivity index (χ0v) is 24.2. The first-order valence-electron chi connectivity index (χ1n) is 13.2. The molecule has 1 saturated heterocycles. The van der Waals surface area contributed by atoms with Crippen LogP contribution in [0.4, 0.5) is 18.0 Å². The summed E-state index contributed by atoms with van der Waals surface area (Å²) in [4.78, 5) is 25.9. The monoisotopic (exact) mass is 575 g/mol. The molecule has 1 heterocycles. The first-order chi connectivity index (χ1) is 17.7. The van der Waals surface area contributed by atoms with E-state index in [1.165, 1.54) is 10.4 Å². The zero-order chi connectivity index (χ0) is 29.6. The lowest BCUT2D eigenvalue weighted by Crippen LogP contribution is -2.53. The Kier molecular flexibility index (Phi) is 8.85. The van der Waals surface area contributed by atoms with Gasteiger partial charge in [-0.15, -0.1) is 0 Å². The van der Waals surface area contributed by atoms with Gasteiger partial charge in [0.15, 0.2) is 0 Å². The van der Waals surface area contributed by atoms with Crippen molar-refractivity contribution in [3.8, 4) is 0 Å². The van der Waals surface area contributed by atoms with E-state index in [0.717, 1.165) is 29.9 Å². The molecule has 2 N–H and O–H groups in total. The fraction of sp³-hybridized carbons (Fsp3) is 0.704. The Labute approximate surface area is 229 Å². The third kappa shape index (κ3) is 7.32. The summed E-state index contributed by atoms with van der Waals surface area (Å²) in [5.41, 5.74) is -2.17. The van der Waals surface area contributed by atoms with Crippen molar-refractivity contribution in [2.75, 3.05) is 19.6 Å². The van der Waals surface area contributed by atoms with Crippen LogP contribution in [-0.2, 0) is 21.0 Å².